The molecule has 1 N–H and O–H groups in total. The van der Waals surface area contributed by atoms with Gasteiger partial charge in [0, 0.05) is 0 Å². The summed E-state index contributed by atoms with van der Waals surface area (Å²) < 4.78 is 11.0. The first kappa shape index (κ1) is 10.7. The Morgan fingerprint density at radius 3 is 2.55 bits per heavy atom. The topological polar surface area (TPSA) is 37.3 Å². The molecule has 0 heterocycles. The van der Waals surface area contributed by atoms with Gasteiger partial charge in [-0.3, -0.25) is 4.57 Å². The van der Waals surface area contributed by atoms with Crippen LogP contribution in [0.4, 0.5) is 0 Å². The normalized spacial score (nSPS) is 14.0. The van der Waals surface area contributed by atoms with Crippen molar-refractivity contribution < 1.29 is 13.9 Å². The van der Waals surface area contributed by atoms with Crippen LogP contribution in [0.1, 0.15) is 0 Å². The van der Waals surface area contributed by atoms with Crippen LogP contribution in [0.2, 0.25) is 0 Å². The average Bonchev–Trinajstić information content (AvgIpc) is 1.84. The Kier molecular flexibility index (Phi) is 4.44. The number of hydrogen-bond acceptors (Lipinski definition) is 1. The number of rotatable bonds is 4. The molecule has 0 aliphatic carbocycles. The van der Waals surface area contributed by atoms with Crippen molar-refractivity contribution in [1.82, 2.24) is 0 Å². The summed E-state index contributed by atoms with van der Waals surface area (Å²) in [5.41, 5.74) is 0. The maximum absolute atomic E-state index is 10.4. The zero-order chi connectivity index (χ0) is 8.91. The van der Waals surface area contributed by atoms with Crippen LogP contribution in [0.15, 0.2) is 0 Å². The van der Waals surface area contributed by atoms with E-state index in [1.807, 2.05) is 14.1 Å². The molecule has 3 nitrogen and oxygen atoms in total. The highest BCUT2D eigenvalue weighted by molar-refractivity contribution is 7.38. The molecule has 0 aromatic rings. The van der Waals surface area contributed by atoms with E-state index >= 15 is 0 Å². The molecular formula is C7H15NO2P+. The third-order valence-corrected chi connectivity index (χ3v) is 2.10. The van der Waals surface area contributed by atoms with E-state index in [-0.39, 0.29) is 0 Å². The van der Waals surface area contributed by atoms with Crippen LogP contribution in [-0.4, -0.2) is 42.7 Å². The van der Waals surface area contributed by atoms with E-state index in [2.05, 4.69) is 5.92 Å². The fourth-order valence-corrected chi connectivity index (χ4v) is 1.52. The minimum Gasteiger partial charge on any atom is -0.346 e. The van der Waals surface area contributed by atoms with Gasteiger partial charge in [-0.25, -0.2) is 0 Å². The fourth-order valence-electron chi connectivity index (χ4n) is 0.724. The van der Waals surface area contributed by atoms with Crippen LogP contribution in [0, 0.1) is 12.3 Å². The van der Waals surface area contributed by atoms with Gasteiger partial charge in [0.1, 0.15) is 6.54 Å². The Morgan fingerprint density at radius 1 is 1.64 bits per heavy atom. The van der Waals surface area contributed by atoms with Gasteiger partial charge in [-0.15, -0.1) is 6.42 Å². The van der Waals surface area contributed by atoms with Crippen molar-refractivity contribution >= 4 is 8.03 Å². The highest BCUT2D eigenvalue weighted by Crippen LogP contribution is 2.13. The fraction of sp³-hybridized carbons (Fsp3) is 0.714. The minimum atomic E-state index is -2.32. The van der Waals surface area contributed by atoms with Gasteiger partial charge in [0.05, 0.1) is 26.8 Å². The molecule has 0 aliphatic rings. The molecule has 0 spiro atoms. The number of nitrogens with zero attached hydrogens (tertiary/aromatic N) is 1. The molecule has 0 rings (SSSR count). The van der Waals surface area contributed by atoms with E-state index in [1.165, 1.54) is 0 Å². The lowest BCUT2D eigenvalue weighted by atomic mass is 10.4. The predicted molar refractivity (Wildman–Crippen MR) is 46.8 cm³/mol. The predicted octanol–water partition coefficient (Wildman–Crippen LogP) is 0.163. The maximum atomic E-state index is 10.4. The summed E-state index contributed by atoms with van der Waals surface area (Å²) in [5.74, 6) is 2.53. The van der Waals surface area contributed by atoms with E-state index in [4.69, 9.17) is 11.3 Å². The monoisotopic (exact) mass is 176 g/mol. The summed E-state index contributed by atoms with van der Waals surface area (Å²) in [6.45, 7) is 1.27. The molecular weight excluding hydrogens is 161 g/mol. The number of hydrogen-bond donors (Lipinski definition) is 1. The summed E-state index contributed by atoms with van der Waals surface area (Å²) in [4.78, 5) is 8.57. The smallest absolute Gasteiger partial charge is 0.194 e. The van der Waals surface area contributed by atoms with Gasteiger partial charge in [-0.05, 0) is 5.92 Å². The van der Waals surface area contributed by atoms with Crippen molar-refractivity contribution in [2.75, 3.05) is 33.3 Å². The van der Waals surface area contributed by atoms with E-state index in [1.54, 1.807) is 0 Å². The van der Waals surface area contributed by atoms with Crippen molar-refractivity contribution in [1.29, 1.82) is 0 Å². The molecule has 1 atom stereocenters. The molecule has 11 heavy (non-hydrogen) atoms. The van der Waals surface area contributed by atoms with Crippen molar-refractivity contribution in [3.8, 4) is 12.3 Å². The largest absolute Gasteiger partial charge is 0.346 e. The summed E-state index contributed by atoms with van der Waals surface area (Å²) in [5, 5.41) is 0. The Labute approximate surface area is 68.5 Å². The van der Waals surface area contributed by atoms with E-state index in [0.717, 1.165) is 0 Å². The molecule has 0 aromatic heterocycles. The Hall–Kier alpha value is -0.290. The van der Waals surface area contributed by atoms with Crippen LogP contribution < -0.4 is 0 Å². The third kappa shape index (κ3) is 6.12. The van der Waals surface area contributed by atoms with Crippen molar-refractivity contribution in [2.24, 2.45) is 0 Å². The average molecular weight is 176 g/mol. The molecule has 0 amide bonds. The van der Waals surface area contributed by atoms with E-state index < -0.39 is 8.03 Å². The first-order valence-corrected chi connectivity index (χ1v) is 5.01. The molecule has 0 saturated heterocycles. The van der Waals surface area contributed by atoms with Gasteiger partial charge in [-0.2, -0.15) is 0 Å². The molecule has 0 aromatic carbocycles. The summed E-state index contributed by atoms with van der Waals surface area (Å²) in [6.07, 6.45) is 5.48. The Bertz CT molecular complexity index is 183. The lowest BCUT2D eigenvalue weighted by Crippen LogP contribution is -2.41. The second kappa shape index (κ2) is 4.56. The van der Waals surface area contributed by atoms with Crippen LogP contribution in [0.5, 0.6) is 0 Å². The van der Waals surface area contributed by atoms with Crippen LogP contribution in [-0.2, 0) is 4.57 Å². The zero-order valence-corrected chi connectivity index (χ0v) is 8.00. The first-order chi connectivity index (χ1) is 4.98. The third-order valence-electron chi connectivity index (χ3n) is 1.45. The van der Waals surface area contributed by atoms with Crippen LogP contribution in [0.3, 0.4) is 0 Å². The molecule has 1 unspecified atom stereocenters. The highest BCUT2D eigenvalue weighted by atomic mass is 31.1. The van der Waals surface area contributed by atoms with Crippen molar-refractivity contribution in [3.05, 3.63) is 0 Å². The molecule has 0 bridgehead atoms. The SMILES string of the molecule is C#CC[N+](C)(C)CC[PH](=O)O. The summed E-state index contributed by atoms with van der Waals surface area (Å²) in [7, 11) is 1.58. The maximum Gasteiger partial charge on any atom is 0.194 e. The lowest BCUT2D eigenvalue weighted by molar-refractivity contribution is -0.880. The second-order valence-electron chi connectivity index (χ2n) is 3.17. The first-order valence-electron chi connectivity index (χ1n) is 3.45. The standard InChI is InChI=1S/C7H14NO2P/c1-4-5-8(2,3)6-7-11(9)10/h1,11H,5-7H2,2-3H3/p+1. The lowest BCUT2D eigenvalue weighted by Gasteiger charge is -2.26. The summed E-state index contributed by atoms with van der Waals surface area (Å²) >= 11 is 0. The Balaban J connectivity index is 3.74. The van der Waals surface area contributed by atoms with Crippen LogP contribution >= 0.6 is 8.03 Å². The van der Waals surface area contributed by atoms with Gasteiger partial charge >= 0.3 is 0 Å². The molecule has 0 saturated carbocycles. The van der Waals surface area contributed by atoms with Gasteiger partial charge in [0.2, 0.25) is 0 Å². The quantitative estimate of drug-likeness (QED) is 0.376. The number of quaternary nitrogens is 1. The van der Waals surface area contributed by atoms with Crippen molar-refractivity contribution in [2.45, 2.75) is 0 Å². The zero-order valence-electron chi connectivity index (χ0n) is 7.00. The van der Waals surface area contributed by atoms with E-state index in [0.29, 0.717) is 23.7 Å². The second-order valence-corrected chi connectivity index (χ2v) is 4.45. The number of terminal acetylenes is 1. The molecule has 0 aliphatic heterocycles. The van der Waals surface area contributed by atoms with E-state index in [9.17, 15) is 4.57 Å². The molecule has 0 radical (unpaired) electrons. The molecule has 0 fully saturated rings. The van der Waals surface area contributed by atoms with Gasteiger partial charge < -0.3 is 9.38 Å². The summed E-state index contributed by atoms with van der Waals surface area (Å²) in [6, 6.07) is 0. The molecule has 4 heteroatoms. The van der Waals surface area contributed by atoms with Gasteiger partial charge in [0.25, 0.3) is 0 Å². The molecule has 64 valence electrons. The Morgan fingerprint density at radius 2 is 2.18 bits per heavy atom. The highest BCUT2D eigenvalue weighted by Gasteiger charge is 2.13. The van der Waals surface area contributed by atoms with Gasteiger partial charge in [-0.1, -0.05) is 0 Å². The minimum absolute atomic E-state index is 0.360. The van der Waals surface area contributed by atoms with Crippen LogP contribution in [0.25, 0.3) is 0 Å². The van der Waals surface area contributed by atoms with Crippen molar-refractivity contribution in [3.63, 3.8) is 0 Å². The van der Waals surface area contributed by atoms with Gasteiger partial charge in [0.15, 0.2) is 8.03 Å².